The van der Waals surface area contributed by atoms with Crippen LogP contribution < -0.4 is 26.6 Å². The minimum absolute atomic E-state index is 0.0382. The van der Waals surface area contributed by atoms with Crippen molar-refractivity contribution >= 4 is 52.4 Å². The maximum absolute atomic E-state index is 13.6. The fourth-order valence-corrected chi connectivity index (χ4v) is 7.10. The fraction of sp³-hybridized carbons (Fsp3) is 0.537. The first-order valence-corrected chi connectivity index (χ1v) is 20.3. The van der Waals surface area contributed by atoms with Crippen molar-refractivity contribution in [2.24, 2.45) is 11.8 Å². The standard InChI is InChI=1S/C41H55FN8O10/c42-19-21-50-25-31(48-49-50)8-5-10-35(51)44-24-26-11-15-29(16-12-26)37(54)45-34(23-27-13-14-28-6-1-2-7-30(28)22-27)38(55)43-20-4-3-9-32(39(56)57)46-41(60)47-33(40(58)59)17-18-36(52)53/h1-2,6-7,13-14,22,25-26,29,32-34H,3-5,8-12,15-21,23-24H2,(H,43,55)(H,44,51)(H,45,54)(H,52,53)(H,56,57)(H,58,59)(H2,46,47,60)/i42-1. The van der Waals surface area contributed by atoms with Crippen molar-refractivity contribution in [1.29, 1.82) is 0 Å². The van der Waals surface area contributed by atoms with Crippen molar-refractivity contribution in [2.75, 3.05) is 19.8 Å². The number of rotatable bonds is 25. The van der Waals surface area contributed by atoms with Crippen molar-refractivity contribution in [2.45, 2.75) is 108 Å². The van der Waals surface area contributed by atoms with E-state index < -0.39 is 61.1 Å². The summed E-state index contributed by atoms with van der Waals surface area (Å²) in [5.74, 6) is -4.88. The van der Waals surface area contributed by atoms with E-state index in [1.54, 1.807) is 6.20 Å². The Labute approximate surface area is 346 Å². The first-order chi connectivity index (χ1) is 28.8. The van der Waals surface area contributed by atoms with E-state index >= 15 is 0 Å². The first-order valence-electron chi connectivity index (χ1n) is 20.3. The van der Waals surface area contributed by atoms with E-state index in [9.17, 15) is 48.2 Å². The van der Waals surface area contributed by atoms with Gasteiger partial charge in [-0.2, -0.15) is 0 Å². The Hall–Kier alpha value is -6.14. The number of fused-ring (bicyclic) bond motifs is 1. The van der Waals surface area contributed by atoms with Crippen molar-refractivity contribution in [3.8, 4) is 0 Å². The molecule has 5 amide bonds. The van der Waals surface area contributed by atoms with Crippen LogP contribution in [0.25, 0.3) is 10.8 Å². The number of aromatic nitrogens is 3. The molecule has 8 N–H and O–H groups in total. The molecule has 1 heterocycles. The van der Waals surface area contributed by atoms with E-state index in [-0.39, 0.29) is 62.4 Å². The summed E-state index contributed by atoms with van der Waals surface area (Å²) in [7, 11) is 0. The second-order valence-electron chi connectivity index (χ2n) is 15.1. The molecule has 0 bridgehead atoms. The van der Waals surface area contributed by atoms with Crippen LogP contribution in [0.1, 0.15) is 81.9 Å². The third kappa shape index (κ3) is 15.9. The van der Waals surface area contributed by atoms with Crippen LogP contribution >= 0.6 is 0 Å². The molecule has 0 spiro atoms. The highest BCUT2D eigenvalue weighted by molar-refractivity contribution is 5.89. The van der Waals surface area contributed by atoms with Crippen LogP contribution in [0.4, 0.5) is 9.18 Å². The lowest BCUT2D eigenvalue weighted by molar-refractivity contribution is -0.141. The van der Waals surface area contributed by atoms with Gasteiger partial charge in [-0.25, -0.2) is 23.5 Å². The van der Waals surface area contributed by atoms with E-state index in [2.05, 4.69) is 36.9 Å². The summed E-state index contributed by atoms with van der Waals surface area (Å²) in [4.78, 5) is 86.0. The van der Waals surface area contributed by atoms with E-state index in [0.29, 0.717) is 50.8 Å². The van der Waals surface area contributed by atoms with Crippen LogP contribution in [-0.4, -0.2) is 110 Å². The Bertz CT molecular complexity index is 1940. The highest BCUT2D eigenvalue weighted by Crippen LogP contribution is 2.29. The van der Waals surface area contributed by atoms with Gasteiger partial charge >= 0.3 is 23.9 Å². The molecule has 60 heavy (non-hydrogen) atoms. The van der Waals surface area contributed by atoms with Gasteiger partial charge in [-0.1, -0.05) is 47.7 Å². The van der Waals surface area contributed by atoms with Gasteiger partial charge < -0.3 is 41.9 Å². The SMILES string of the molecule is O=C(O)CCC(NC(=O)NC(CCCCNC(=O)C(Cc1ccc2ccccc2c1)NC(=O)C1CCC(CNC(=O)CCCc2cn(CC[18F])nn2)CC1)C(=O)O)C(=O)O. The second-order valence-corrected chi connectivity index (χ2v) is 15.1. The predicted molar refractivity (Wildman–Crippen MR) is 215 cm³/mol. The number of unbranched alkanes of at least 4 members (excludes halogenated alkanes) is 1. The predicted octanol–water partition coefficient (Wildman–Crippen LogP) is 2.73. The van der Waals surface area contributed by atoms with Gasteiger partial charge in [-0.3, -0.25) is 19.2 Å². The average Bonchev–Trinajstić information content (AvgIpc) is 3.67. The van der Waals surface area contributed by atoms with Gasteiger partial charge in [0.1, 0.15) is 24.8 Å². The summed E-state index contributed by atoms with van der Waals surface area (Å²) in [5, 5.41) is 50.7. The molecule has 2 aromatic carbocycles. The summed E-state index contributed by atoms with van der Waals surface area (Å²) in [5.41, 5.74) is 1.55. The highest BCUT2D eigenvalue weighted by atomic mass is 18.2. The van der Waals surface area contributed by atoms with Crippen LogP contribution in [0.3, 0.4) is 0 Å². The monoisotopic (exact) mass is 837 g/mol. The van der Waals surface area contributed by atoms with E-state index in [0.717, 1.165) is 29.2 Å². The van der Waals surface area contributed by atoms with E-state index in [4.69, 9.17) is 5.11 Å². The molecule has 3 atom stereocenters. The van der Waals surface area contributed by atoms with Crippen LogP contribution in [0, 0.1) is 11.8 Å². The fourth-order valence-electron chi connectivity index (χ4n) is 7.10. The Kier molecular flexibility index (Phi) is 18.7. The van der Waals surface area contributed by atoms with Gasteiger partial charge in [-0.05, 0) is 86.5 Å². The van der Waals surface area contributed by atoms with E-state index in [1.807, 2.05) is 42.5 Å². The number of urea groups is 1. The zero-order chi connectivity index (χ0) is 43.4. The number of hydrogen-bond acceptors (Lipinski definition) is 9. The molecule has 0 radical (unpaired) electrons. The van der Waals surface area contributed by atoms with Gasteiger partial charge in [0, 0.05) is 44.5 Å². The largest absolute Gasteiger partial charge is 0.481 e. The Morgan fingerprint density at radius 1 is 0.783 bits per heavy atom. The maximum atomic E-state index is 13.6. The first kappa shape index (κ1) is 46.5. The highest BCUT2D eigenvalue weighted by Gasteiger charge is 2.30. The molecular weight excluding hydrogens is 782 g/mol. The maximum Gasteiger partial charge on any atom is 0.326 e. The number of carbonyl (C=O) groups is 7. The number of halogens is 1. The van der Waals surface area contributed by atoms with Gasteiger partial charge in [0.05, 0.1) is 12.2 Å². The third-order valence-corrected chi connectivity index (χ3v) is 10.5. The summed E-state index contributed by atoms with van der Waals surface area (Å²) in [6.07, 6.45) is 5.69. The Balaban J connectivity index is 1.24. The number of alkyl halides is 1. The molecule has 1 aromatic heterocycles. The number of aryl methyl sites for hydroxylation is 2. The average molecular weight is 838 g/mol. The summed E-state index contributed by atoms with van der Waals surface area (Å²) < 4.78 is 13.9. The lowest BCUT2D eigenvalue weighted by Crippen LogP contribution is -2.51. The minimum atomic E-state index is -1.52. The Morgan fingerprint density at radius 3 is 2.17 bits per heavy atom. The molecule has 1 aliphatic rings. The van der Waals surface area contributed by atoms with Crippen LogP contribution in [0.2, 0.25) is 0 Å². The number of carboxylic acids is 3. The number of nitrogens with zero attached hydrogens (tertiary/aromatic N) is 3. The quantitative estimate of drug-likeness (QED) is 0.0573. The number of carboxylic acid groups (broad SMARTS) is 3. The molecule has 3 unspecified atom stereocenters. The van der Waals surface area contributed by atoms with Crippen molar-refractivity contribution in [3.05, 3.63) is 59.9 Å². The minimum Gasteiger partial charge on any atom is -0.481 e. The Morgan fingerprint density at radius 2 is 1.48 bits per heavy atom. The molecule has 0 saturated heterocycles. The van der Waals surface area contributed by atoms with Crippen LogP contribution in [0.5, 0.6) is 0 Å². The van der Waals surface area contributed by atoms with Gasteiger partial charge in [0.25, 0.3) is 0 Å². The molecule has 1 saturated carbocycles. The molecular formula is C41H55FN8O10. The van der Waals surface area contributed by atoms with Gasteiger partial charge in [0.15, 0.2) is 0 Å². The van der Waals surface area contributed by atoms with Crippen LogP contribution in [-0.2, 0) is 48.2 Å². The molecule has 19 heteroatoms. The molecule has 1 fully saturated rings. The van der Waals surface area contributed by atoms with Crippen molar-refractivity contribution in [1.82, 2.24) is 41.6 Å². The number of nitrogens with one attached hydrogen (secondary N) is 5. The molecule has 326 valence electrons. The molecule has 0 aliphatic heterocycles. The molecule has 18 nitrogen and oxygen atoms in total. The summed E-state index contributed by atoms with van der Waals surface area (Å²) in [6, 6.07) is 8.76. The number of carbonyl (C=O) groups excluding carboxylic acids is 4. The number of amides is 5. The van der Waals surface area contributed by atoms with Crippen LogP contribution in [0.15, 0.2) is 48.7 Å². The number of aliphatic carboxylic acids is 3. The number of hydrogen-bond donors (Lipinski definition) is 8. The molecule has 1 aliphatic carbocycles. The second kappa shape index (κ2) is 24.1. The zero-order valence-corrected chi connectivity index (χ0v) is 33.4. The topological polar surface area (TPSA) is 271 Å². The lowest BCUT2D eigenvalue weighted by atomic mass is 9.81. The normalized spacial score (nSPS) is 16.5. The zero-order valence-electron chi connectivity index (χ0n) is 33.4. The number of benzene rings is 2. The van der Waals surface area contributed by atoms with Crippen molar-refractivity contribution < 1.29 is 53.3 Å². The van der Waals surface area contributed by atoms with Gasteiger partial charge in [0.2, 0.25) is 17.7 Å². The molecule has 4 rings (SSSR count). The van der Waals surface area contributed by atoms with E-state index in [1.165, 1.54) is 4.68 Å². The lowest BCUT2D eigenvalue weighted by Gasteiger charge is -2.29. The van der Waals surface area contributed by atoms with Gasteiger partial charge in [-0.15, -0.1) is 5.10 Å². The summed E-state index contributed by atoms with van der Waals surface area (Å²) >= 11 is 0. The molecule has 3 aromatic rings. The smallest absolute Gasteiger partial charge is 0.326 e. The van der Waals surface area contributed by atoms with Crippen molar-refractivity contribution in [3.63, 3.8) is 0 Å². The summed E-state index contributed by atoms with van der Waals surface area (Å²) in [6.45, 7) is 0.271. The third-order valence-electron chi connectivity index (χ3n) is 10.5.